The van der Waals surface area contributed by atoms with Gasteiger partial charge in [-0.2, -0.15) is 9.78 Å². The minimum atomic E-state index is -0.568. The second-order valence-corrected chi connectivity index (χ2v) is 9.72. The van der Waals surface area contributed by atoms with E-state index < -0.39 is 10.5 Å². The molecule has 208 valence electrons. The van der Waals surface area contributed by atoms with Crippen molar-refractivity contribution in [2.75, 3.05) is 7.11 Å². The maximum Gasteiger partial charge on any atom is 0.287 e. The molecule has 0 aliphatic carbocycles. The summed E-state index contributed by atoms with van der Waals surface area (Å²) in [6, 6.07) is 19.4. The van der Waals surface area contributed by atoms with E-state index in [2.05, 4.69) is 15.1 Å². The molecule has 0 bridgehead atoms. The minimum absolute atomic E-state index is 0.0574. The third kappa shape index (κ3) is 5.14. The quantitative estimate of drug-likeness (QED) is 0.107. The molecule has 3 aromatic carbocycles. The number of para-hydroxylation sites is 1. The Morgan fingerprint density at radius 1 is 1.05 bits per heavy atom. The van der Waals surface area contributed by atoms with Crippen LogP contribution < -0.4 is 15.0 Å². The Kier molecular flexibility index (Phi) is 7.03. The fourth-order valence-electron chi connectivity index (χ4n) is 4.23. The topological polar surface area (TPSA) is 135 Å². The van der Waals surface area contributed by atoms with Gasteiger partial charge in [0.25, 0.3) is 11.2 Å². The Morgan fingerprint density at radius 3 is 2.64 bits per heavy atom. The van der Waals surface area contributed by atoms with Crippen LogP contribution in [0.15, 0.2) is 93.3 Å². The van der Waals surface area contributed by atoms with Crippen LogP contribution in [0.25, 0.3) is 33.5 Å². The van der Waals surface area contributed by atoms with Gasteiger partial charge in [0.1, 0.15) is 11.8 Å². The fraction of sp³-hybridized carbons (Fsp3) is 0.0345. The molecule has 11 nitrogen and oxygen atoms in total. The molecule has 0 unspecified atom stereocenters. The Balaban J connectivity index is 1.50. The first kappa shape index (κ1) is 26.9. The van der Waals surface area contributed by atoms with E-state index in [1.807, 2.05) is 0 Å². The van der Waals surface area contributed by atoms with Crippen LogP contribution in [-0.4, -0.2) is 32.9 Å². The molecule has 0 amide bonds. The van der Waals surface area contributed by atoms with Gasteiger partial charge in [0.2, 0.25) is 11.7 Å². The van der Waals surface area contributed by atoms with E-state index in [0.717, 1.165) is 16.3 Å². The van der Waals surface area contributed by atoms with Gasteiger partial charge < -0.3 is 13.9 Å². The maximum atomic E-state index is 13.7. The molecule has 0 atom stereocenters. The van der Waals surface area contributed by atoms with Gasteiger partial charge >= 0.3 is 0 Å². The van der Waals surface area contributed by atoms with Crippen molar-refractivity contribution in [3.05, 3.63) is 115 Å². The molecule has 0 saturated carbocycles. The Morgan fingerprint density at radius 2 is 1.88 bits per heavy atom. The molecule has 0 aliphatic heterocycles. The number of pyridine rings is 1. The van der Waals surface area contributed by atoms with Crippen LogP contribution in [0.4, 0.5) is 5.69 Å². The molecule has 6 rings (SSSR count). The summed E-state index contributed by atoms with van der Waals surface area (Å²) in [7, 11) is 1.42. The zero-order valence-electron chi connectivity index (χ0n) is 21.5. The minimum Gasteiger partial charge on any atom is -0.493 e. The smallest absolute Gasteiger partial charge is 0.287 e. The highest BCUT2D eigenvalue weighted by Gasteiger charge is 2.18. The second-order valence-electron chi connectivity index (χ2n) is 8.85. The molecular formula is C29H17Cl2N5O6. The molecule has 3 heterocycles. The molecule has 0 fully saturated rings. The number of fused-ring (bicyclic) bond motifs is 2. The summed E-state index contributed by atoms with van der Waals surface area (Å²) in [6.07, 6.45) is 2.43. The molecule has 6 aromatic rings. The van der Waals surface area contributed by atoms with Crippen molar-refractivity contribution in [3.63, 3.8) is 0 Å². The van der Waals surface area contributed by atoms with Crippen molar-refractivity contribution in [3.8, 4) is 29.0 Å². The van der Waals surface area contributed by atoms with Gasteiger partial charge in [-0.3, -0.25) is 14.9 Å². The Hall–Kier alpha value is -5.26. The number of rotatable bonds is 7. The van der Waals surface area contributed by atoms with Crippen molar-refractivity contribution in [1.29, 1.82) is 0 Å². The third-order valence-electron chi connectivity index (χ3n) is 6.17. The van der Waals surface area contributed by atoms with Crippen LogP contribution in [0.1, 0.15) is 5.56 Å². The Bertz CT molecular complexity index is 2090. The van der Waals surface area contributed by atoms with Crippen LogP contribution in [0, 0.1) is 10.1 Å². The van der Waals surface area contributed by atoms with Crippen LogP contribution in [0.5, 0.6) is 17.4 Å². The lowest BCUT2D eigenvalue weighted by Crippen LogP contribution is -2.20. The number of benzene rings is 3. The summed E-state index contributed by atoms with van der Waals surface area (Å²) in [5, 5.41) is 17.4. The molecule has 3 aromatic heterocycles. The molecule has 0 spiro atoms. The van der Waals surface area contributed by atoms with Crippen molar-refractivity contribution >= 4 is 57.0 Å². The predicted molar refractivity (Wildman–Crippen MR) is 158 cm³/mol. The van der Waals surface area contributed by atoms with Gasteiger partial charge in [-0.1, -0.05) is 35.3 Å². The van der Waals surface area contributed by atoms with Crippen LogP contribution in [0.3, 0.4) is 0 Å². The summed E-state index contributed by atoms with van der Waals surface area (Å²) in [6.45, 7) is 0. The van der Waals surface area contributed by atoms with Gasteiger partial charge in [-0.05, 0) is 42.5 Å². The monoisotopic (exact) mass is 601 g/mol. The van der Waals surface area contributed by atoms with E-state index >= 15 is 0 Å². The van der Waals surface area contributed by atoms with Crippen LogP contribution in [0.2, 0.25) is 10.0 Å². The maximum absolute atomic E-state index is 13.7. The average molecular weight is 602 g/mol. The number of ether oxygens (including phenoxy) is 2. The summed E-state index contributed by atoms with van der Waals surface area (Å²) >= 11 is 12.5. The lowest BCUT2D eigenvalue weighted by molar-refractivity contribution is -0.385. The highest BCUT2D eigenvalue weighted by Crippen LogP contribution is 2.37. The van der Waals surface area contributed by atoms with Crippen molar-refractivity contribution < 1.29 is 18.8 Å². The van der Waals surface area contributed by atoms with E-state index in [1.165, 1.54) is 31.5 Å². The Labute approximate surface area is 246 Å². The van der Waals surface area contributed by atoms with Gasteiger partial charge in [0.15, 0.2) is 17.3 Å². The molecular weight excluding hydrogens is 585 g/mol. The number of hydrogen-bond acceptors (Lipinski definition) is 9. The first-order chi connectivity index (χ1) is 20.3. The van der Waals surface area contributed by atoms with E-state index in [0.29, 0.717) is 37.9 Å². The third-order valence-corrected chi connectivity index (χ3v) is 6.62. The zero-order valence-corrected chi connectivity index (χ0v) is 23.0. The average Bonchev–Trinajstić information content (AvgIpc) is 3.41. The molecule has 0 radical (unpaired) electrons. The van der Waals surface area contributed by atoms with Crippen LogP contribution >= 0.6 is 23.2 Å². The van der Waals surface area contributed by atoms with E-state index in [4.69, 9.17) is 37.1 Å². The number of hydrogen-bond donors (Lipinski definition) is 0. The van der Waals surface area contributed by atoms with Gasteiger partial charge in [0, 0.05) is 39.2 Å². The zero-order chi connectivity index (χ0) is 29.4. The van der Waals surface area contributed by atoms with E-state index in [-0.39, 0.29) is 28.9 Å². The molecule has 42 heavy (non-hydrogen) atoms. The van der Waals surface area contributed by atoms with E-state index in [1.54, 1.807) is 54.6 Å². The number of aromatic nitrogens is 3. The number of furan rings is 1. The summed E-state index contributed by atoms with van der Waals surface area (Å²) in [5.41, 5.74) is 0.690. The van der Waals surface area contributed by atoms with Gasteiger partial charge in [-0.15, -0.1) is 0 Å². The standard InChI is InChI=1S/C29H17Cl2N5O6/c1-40-24-13-19(31)11-17(27(24)42-26-9-7-20(15-32-26)36(38)39)14-33-35-28(34-22-5-3-2-4-21(22)29(35)37)25-12-16-10-18(30)6-8-23(16)41-25/h2-15H,1H3. The summed E-state index contributed by atoms with van der Waals surface area (Å²) in [5.74, 6) is 0.900. The van der Waals surface area contributed by atoms with Gasteiger partial charge in [-0.25, -0.2) is 9.97 Å². The largest absolute Gasteiger partial charge is 0.493 e. The second kappa shape index (κ2) is 11.0. The molecule has 0 N–H and O–H groups in total. The number of nitrogens with zero attached hydrogens (tertiary/aromatic N) is 5. The lowest BCUT2D eigenvalue weighted by Gasteiger charge is -2.13. The van der Waals surface area contributed by atoms with Crippen LogP contribution in [-0.2, 0) is 0 Å². The van der Waals surface area contributed by atoms with E-state index in [9.17, 15) is 14.9 Å². The normalized spacial score (nSPS) is 11.4. The molecule has 0 saturated heterocycles. The van der Waals surface area contributed by atoms with Gasteiger partial charge in [0.05, 0.1) is 29.2 Å². The summed E-state index contributed by atoms with van der Waals surface area (Å²) < 4.78 is 18.5. The number of methoxy groups -OCH3 is 1. The number of nitro groups is 1. The first-order valence-corrected chi connectivity index (χ1v) is 13.0. The first-order valence-electron chi connectivity index (χ1n) is 12.2. The fourth-order valence-corrected chi connectivity index (χ4v) is 4.62. The predicted octanol–water partition coefficient (Wildman–Crippen LogP) is 7.10. The molecule has 0 aliphatic rings. The number of halogens is 2. The summed E-state index contributed by atoms with van der Waals surface area (Å²) in [4.78, 5) is 32.8. The lowest BCUT2D eigenvalue weighted by atomic mass is 10.2. The van der Waals surface area contributed by atoms with Crippen molar-refractivity contribution in [1.82, 2.24) is 14.6 Å². The van der Waals surface area contributed by atoms with Crippen molar-refractivity contribution in [2.45, 2.75) is 0 Å². The highest BCUT2D eigenvalue weighted by atomic mass is 35.5. The van der Waals surface area contributed by atoms with Crippen molar-refractivity contribution in [2.24, 2.45) is 5.10 Å². The highest BCUT2D eigenvalue weighted by molar-refractivity contribution is 6.31. The SMILES string of the molecule is COc1cc(Cl)cc(C=Nn2c(-c3cc4cc(Cl)ccc4o3)nc3ccccc3c2=O)c1Oc1ccc([N+](=O)[O-])cn1. The molecule has 13 heteroatoms.